The molecule has 0 spiro atoms. The zero-order valence-corrected chi connectivity index (χ0v) is 13.2. The first kappa shape index (κ1) is 17.2. The van der Waals surface area contributed by atoms with E-state index in [2.05, 4.69) is 36.4 Å². The molecule has 0 bridgehead atoms. The maximum absolute atomic E-state index is 10.0. The SMILES string of the molecule is CC(C)CC[C@H](O)[C@H](N)c1ccccc1I.Cl. The van der Waals surface area contributed by atoms with Crippen LogP contribution >= 0.6 is 35.0 Å². The van der Waals surface area contributed by atoms with Gasteiger partial charge in [-0.05, 0) is 53.0 Å². The van der Waals surface area contributed by atoms with Crippen molar-refractivity contribution in [2.24, 2.45) is 11.7 Å². The molecule has 1 aromatic rings. The van der Waals surface area contributed by atoms with Crippen LogP contribution in [0.25, 0.3) is 0 Å². The van der Waals surface area contributed by atoms with E-state index in [1.807, 2.05) is 24.3 Å². The van der Waals surface area contributed by atoms with Gasteiger partial charge in [0.05, 0.1) is 12.1 Å². The van der Waals surface area contributed by atoms with Gasteiger partial charge < -0.3 is 10.8 Å². The minimum Gasteiger partial charge on any atom is -0.391 e. The van der Waals surface area contributed by atoms with Crippen LogP contribution < -0.4 is 5.73 Å². The van der Waals surface area contributed by atoms with Crippen molar-refractivity contribution >= 4 is 35.0 Å². The quantitative estimate of drug-likeness (QED) is 0.780. The van der Waals surface area contributed by atoms with E-state index in [0.717, 1.165) is 22.0 Å². The fourth-order valence-corrected chi connectivity index (χ4v) is 2.38. The van der Waals surface area contributed by atoms with Crippen LogP contribution in [0.15, 0.2) is 24.3 Å². The van der Waals surface area contributed by atoms with Gasteiger partial charge in [0, 0.05) is 3.57 Å². The molecular weight excluding hydrogens is 349 g/mol. The van der Waals surface area contributed by atoms with Gasteiger partial charge in [-0.1, -0.05) is 32.0 Å². The number of rotatable bonds is 5. The summed E-state index contributed by atoms with van der Waals surface area (Å²) in [4.78, 5) is 0. The van der Waals surface area contributed by atoms with Gasteiger partial charge in [-0.15, -0.1) is 12.4 Å². The average molecular weight is 370 g/mol. The molecule has 0 aliphatic heterocycles. The van der Waals surface area contributed by atoms with E-state index < -0.39 is 6.10 Å². The molecule has 4 heteroatoms. The normalized spacial score (nSPS) is 14.2. The molecule has 0 saturated carbocycles. The number of aliphatic hydroxyl groups is 1. The molecule has 0 fully saturated rings. The summed E-state index contributed by atoms with van der Waals surface area (Å²) in [6, 6.07) is 7.69. The van der Waals surface area contributed by atoms with E-state index in [1.54, 1.807) is 0 Å². The Morgan fingerprint density at radius 1 is 1.24 bits per heavy atom. The molecule has 0 saturated heterocycles. The van der Waals surface area contributed by atoms with Gasteiger partial charge in [0.15, 0.2) is 0 Å². The molecule has 0 heterocycles. The Balaban J connectivity index is 0.00000256. The second kappa shape index (κ2) is 8.29. The molecule has 0 unspecified atom stereocenters. The molecule has 98 valence electrons. The van der Waals surface area contributed by atoms with Crippen molar-refractivity contribution in [2.75, 3.05) is 0 Å². The highest BCUT2D eigenvalue weighted by Gasteiger charge is 2.18. The molecule has 2 nitrogen and oxygen atoms in total. The molecule has 0 aliphatic rings. The minimum absolute atomic E-state index is 0. The van der Waals surface area contributed by atoms with E-state index in [4.69, 9.17) is 5.73 Å². The lowest BCUT2D eigenvalue weighted by molar-refractivity contribution is 0.128. The largest absolute Gasteiger partial charge is 0.391 e. The van der Waals surface area contributed by atoms with Crippen molar-refractivity contribution in [3.05, 3.63) is 33.4 Å². The van der Waals surface area contributed by atoms with Crippen LogP contribution in [-0.4, -0.2) is 11.2 Å². The lowest BCUT2D eigenvalue weighted by Crippen LogP contribution is -2.27. The predicted octanol–water partition coefficient (Wildman–Crippen LogP) is 3.51. The summed E-state index contributed by atoms with van der Waals surface area (Å²) >= 11 is 2.26. The second-order valence-corrected chi connectivity index (χ2v) is 5.75. The second-order valence-electron chi connectivity index (χ2n) is 4.59. The Morgan fingerprint density at radius 3 is 2.35 bits per heavy atom. The highest BCUT2D eigenvalue weighted by Crippen LogP contribution is 2.23. The van der Waals surface area contributed by atoms with Gasteiger partial charge in [0.1, 0.15) is 0 Å². The standard InChI is InChI=1S/C13H20INO.ClH/c1-9(2)7-8-12(16)13(15)10-5-3-4-6-11(10)14;/h3-6,9,12-13,16H,7-8,15H2,1-2H3;1H/t12-,13+;/m0./s1. The first-order valence-electron chi connectivity index (χ1n) is 5.70. The van der Waals surface area contributed by atoms with Crippen LogP contribution in [0.4, 0.5) is 0 Å². The number of benzene rings is 1. The third-order valence-electron chi connectivity index (χ3n) is 2.72. The zero-order chi connectivity index (χ0) is 12.1. The monoisotopic (exact) mass is 369 g/mol. The van der Waals surface area contributed by atoms with Gasteiger partial charge >= 0.3 is 0 Å². The Labute approximate surface area is 124 Å². The van der Waals surface area contributed by atoms with E-state index in [9.17, 15) is 5.11 Å². The fraction of sp³-hybridized carbons (Fsp3) is 0.538. The van der Waals surface area contributed by atoms with E-state index >= 15 is 0 Å². The van der Waals surface area contributed by atoms with Gasteiger partial charge in [-0.3, -0.25) is 0 Å². The summed E-state index contributed by atoms with van der Waals surface area (Å²) < 4.78 is 1.12. The Morgan fingerprint density at radius 2 is 1.82 bits per heavy atom. The van der Waals surface area contributed by atoms with Crippen LogP contribution in [0.1, 0.15) is 38.3 Å². The fourth-order valence-electron chi connectivity index (χ4n) is 1.64. The Bertz CT molecular complexity index is 333. The molecular formula is C13H21ClINO. The molecule has 17 heavy (non-hydrogen) atoms. The average Bonchev–Trinajstić information content (AvgIpc) is 2.25. The molecule has 2 atom stereocenters. The Hall–Kier alpha value is 0.160. The van der Waals surface area contributed by atoms with Crippen LogP contribution in [-0.2, 0) is 0 Å². The lowest BCUT2D eigenvalue weighted by atomic mass is 9.96. The van der Waals surface area contributed by atoms with E-state index in [1.165, 1.54) is 0 Å². The van der Waals surface area contributed by atoms with Gasteiger partial charge in [0.25, 0.3) is 0 Å². The van der Waals surface area contributed by atoms with Crippen LogP contribution in [0.3, 0.4) is 0 Å². The summed E-state index contributed by atoms with van der Waals surface area (Å²) in [5.41, 5.74) is 7.11. The van der Waals surface area contributed by atoms with Crippen LogP contribution in [0.2, 0.25) is 0 Å². The van der Waals surface area contributed by atoms with Crippen LogP contribution in [0.5, 0.6) is 0 Å². The number of aliphatic hydroxyl groups excluding tert-OH is 1. The molecule has 1 aromatic carbocycles. The smallest absolute Gasteiger partial charge is 0.0733 e. The molecule has 0 amide bonds. The summed E-state index contributed by atoms with van der Waals surface area (Å²) in [6.07, 6.45) is 1.33. The lowest BCUT2D eigenvalue weighted by Gasteiger charge is -2.21. The molecule has 0 radical (unpaired) electrons. The topological polar surface area (TPSA) is 46.2 Å². The first-order valence-corrected chi connectivity index (χ1v) is 6.78. The maximum atomic E-state index is 10.0. The van der Waals surface area contributed by atoms with E-state index in [-0.39, 0.29) is 18.4 Å². The van der Waals surface area contributed by atoms with Crippen molar-refractivity contribution in [2.45, 2.75) is 38.8 Å². The predicted molar refractivity (Wildman–Crippen MR) is 83.4 cm³/mol. The first-order chi connectivity index (χ1) is 7.52. The van der Waals surface area contributed by atoms with Crippen molar-refractivity contribution in [1.82, 2.24) is 0 Å². The van der Waals surface area contributed by atoms with Gasteiger partial charge in [-0.2, -0.15) is 0 Å². The highest BCUT2D eigenvalue weighted by molar-refractivity contribution is 14.1. The number of nitrogens with two attached hydrogens (primary N) is 1. The number of hydrogen-bond donors (Lipinski definition) is 2. The van der Waals surface area contributed by atoms with E-state index in [0.29, 0.717) is 5.92 Å². The number of hydrogen-bond acceptors (Lipinski definition) is 2. The summed E-state index contributed by atoms with van der Waals surface area (Å²) in [6.45, 7) is 4.31. The van der Waals surface area contributed by atoms with Crippen LogP contribution in [0, 0.1) is 9.49 Å². The van der Waals surface area contributed by atoms with Crippen molar-refractivity contribution in [1.29, 1.82) is 0 Å². The Kier molecular flexibility index (Phi) is 8.37. The van der Waals surface area contributed by atoms with Gasteiger partial charge in [0.2, 0.25) is 0 Å². The summed E-state index contributed by atoms with van der Waals surface area (Å²) in [5, 5.41) is 10.0. The van der Waals surface area contributed by atoms with Crippen molar-refractivity contribution in [3.63, 3.8) is 0 Å². The zero-order valence-electron chi connectivity index (χ0n) is 10.3. The molecule has 1 rings (SSSR count). The molecule has 3 N–H and O–H groups in total. The summed E-state index contributed by atoms with van der Waals surface area (Å²) in [7, 11) is 0. The maximum Gasteiger partial charge on any atom is 0.0733 e. The minimum atomic E-state index is -0.446. The molecule has 0 aromatic heterocycles. The highest BCUT2D eigenvalue weighted by atomic mass is 127. The third-order valence-corrected chi connectivity index (χ3v) is 3.70. The van der Waals surface area contributed by atoms with Crippen molar-refractivity contribution in [3.8, 4) is 0 Å². The molecule has 0 aliphatic carbocycles. The number of halogens is 2. The van der Waals surface area contributed by atoms with Crippen molar-refractivity contribution < 1.29 is 5.11 Å². The van der Waals surface area contributed by atoms with Gasteiger partial charge in [-0.25, -0.2) is 0 Å². The third kappa shape index (κ3) is 5.55. The summed E-state index contributed by atoms with van der Waals surface area (Å²) in [5.74, 6) is 0.608.